The van der Waals surface area contributed by atoms with Gasteiger partial charge in [-0.2, -0.15) is 0 Å². The summed E-state index contributed by atoms with van der Waals surface area (Å²) in [6.07, 6.45) is 3.21. The second-order valence-electron chi connectivity index (χ2n) is 3.65. The van der Waals surface area contributed by atoms with E-state index >= 15 is 0 Å². The van der Waals surface area contributed by atoms with Gasteiger partial charge in [-0.05, 0) is 19.8 Å². The molecule has 0 aliphatic carbocycles. The number of nitrogens with zero attached hydrogens (tertiary/aromatic N) is 1. The summed E-state index contributed by atoms with van der Waals surface area (Å²) >= 11 is 0. The fraction of sp³-hybridized carbons (Fsp3) is 0.818. The van der Waals surface area contributed by atoms with Crippen molar-refractivity contribution in [2.24, 2.45) is 0 Å². The van der Waals surface area contributed by atoms with Gasteiger partial charge in [0.15, 0.2) is 0 Å². The maximum absolute atomic E-state index is 11.8. The molecule has 1 amide bonds. The number of carboxylic acid groups (broad SMARTS) is 1. The average molecular weight is 233 g/mol. The van der Waals surface area contributed by atoms with E-state index < -0.39 is 5.97 Å². The molecule has 0 unspecified atom stereocenters. The highest BCUT2D eigenvalue weighted by Gasteiger charge is 2.13. The van der Waals surface area contributed by atoms with E-state index in [4.69, 9.17) is 5.11 Å². The molecule has 0 bridgehead atoms. The van der Waals surface area contributed by atoms with Crippen LogP contribution in [0.3, 0.4) is 0 Å². The van der Waals surface area contributed by atoms with Crippen molar-refractivity contribution in [3.63, 3.8) is 0 Å². The van der Waals surface area contributed by atoms with E-state index in [1.54, 1.807) is 6.92 Å². The van der Waals surface area contributed by atoms with Crippen LogP contribution in [-0.4, -0.2) is 41.6 Å². The van der Waals surface area contributed by atoms with Gasteiger partial charge >= 0.3 is 5.97 Å². The Hall–Kier alpha value is -1.13. The predicted octanol–water partition coefficient (Wildman–Crippen LogP) is 1.84. The lowest BCUT2D eigenvalue weighted by atomic mass is 10.1. The minimum absolute atomic E-state index is 0.134. The second-order valence-corrected chi connectivity index (χ2v) is 3.65. The summed E-state index contributed by atoms with van der Waals surface area (Å²) in [5.74, 6) is -1.13. The molecular weight excluding hydrogens is 213 g/mol. The maximum atomic E-state index is 11.8. The van der Waals surface area contributed by atoms with E-state index in [9.17, 15) is 14.0 Å². The van der Waals surface area contributed by atoms with Gasteiger partial charge < -0.3 is 10.0 Å². The number of alkyl halides is 1. The highest BCUT2D eigenvalue weighted by Crippen LogP contribution is 2.05. The first-order valence-corrected chi connectivity index (χ1v) is 5.67. The third kappa shape index (κ3) is 7.20. The zero-order chi connectivity index (χ0) is 12.4. The van der Waals surface area contributed by atoms with Crippen molar-refractivity contribution in [1.29, 1.82) is 0 Å². The molecule has 0 aromatic rings. The van der Waals surface area contributed by atoms with E-state index in [0.717, 1.165) is 12.8 Å². The van der Waals surface area contributed by atoms with Gasteiger partial charge in [-0.15, -0.1) is 0 Å². The SMILES string of the molecule is CCN(CC(=O)O)C(=O)CCCCCCF. The lowest BCUT2D eigenvalue weighted by Gasteiger charge is -2.18. The monoisotopic (exact) mass is 233 g/mol. The summed E-state index contributed by atoms with van der Waals surface area (Å²) in [4.78, 5) is 23.3. The highest BCUT2D eigenvalue weighted by molar-refractivity contribution is 5.81. The molecule has 0 rings (SSSR count). The van der Waals surface area contributed by atoms with Crippen LogP contribution < -0.4 is 0 Å². The van der Waals surface area contributed by atoms with Crippen LogP contribution in [0.1, 0.15) is 39.0 Å². The minimum atomic E-state index is -0.993. The van der Waals surface area contributed by atoms with Gasteiger partial charge in [0.05, 0.1) is 6.67 Å². The molecule has 0 aliphatic heterocycles. The van der Waals surface area contributed by atoms with Crippen molar-refractivity contribution in [1.82, 2.24) is 4.90 Å². The first-order chi connectivity index (χ1) is 7.61. The van der Waals surface area contributed by atoms with Crippen molar-refractivity contribution >= 4 is 11.9 Å². The predicted molar refractivity (Wildman–Crippen MR) is 58.9 cm³/mol. The second kappa shape index (κ2) is 9.12. The van der Waals surface area contributed by atoms with Gasteiger partial charge in [0.2, 0.25) is 5.91 Å². The number of aliphatic carboxylic acids is 1. The minimum Gasteiger partial charge on any atom is -0.480 e. The van der Waals surface area contributed by atoms with Crippen LogP contribution in [0, 0.1) is 0 Å². The van der Waals surface area contributed by atoms with Gasteiger partial charge in [-0.3, -0.25) is 14.0 Å². The van der Waals surface area contributed by atoms with Crippen LogP contribution in [0.5, 0.6) is 0 Å². The van der Waals surface area contributed by atoms with Gasteiger partial charge in [0.1, 0.15) is 6.54 Å². The van der Waals surface area contributed by atoms with Gasteiger partial charge in [0.25, 0.3) is 0 Å². The Morgan fingerprint density at radius 2 is 1.81 bits per heavy atom. The summed E-state index contributed by atoms with van der Waals surface area (Å²) in [5, 5.41) is 8.57. The van der Waals surface area contributed by atoms with E-state index in [1.807, 2.05) is 0 Å². The number of carbonyl (C=O) groups is 2. The zero-order valence-electron chi connectivity index (χ0n) is 9.75. The van der Waals surface area contributed by atoms with Crippen LogP contribution in [-0.2, 0) is 9.59 Å². The third-order valence-corrected chi connectivity index (χ3v) is 2.33. The normalized spacial score (nSPS) is 10.1. The molecule has 0 heterocycles. The van der Waals surface area contributed by atoms with E-state index in [1.165, 1.54) is 4.90 Å². The number of likely N-dealkylation sites (N-methyl/N-ethyl adjacent to an activating group) is 1. The number of carboxylic acids is 1. The first kappa shape index (κ1) is 14.9. The molecule has 5 heteroatoms. The number of carbonyl (C=O) groups excluding carboxylic acids is 1. The molecule has 0 aliphatic rings. The standard InChI is InChI=1S/C11H20FNO3/c1-2-13(9-11(15)16)10(14)7-5-3-4-6-8-12/h2-9H2,1H3,(H,15,16). The van der Waals surface area contributed by atoms with E-state index in [-0.39, 0.29) is 19.1 Å². The molecule has 0 fully saturated rings. The summed E-state index contributed by atoms with van der Waals surface area (Å²) < 4.78 is 11.8. The highest BCUT2D eigenvalue weighted by atomic mass is 19.1. The molecule has 0 atom stereocenters. The Kier molecular flexibility index (Phi) is 8.48. The summed E-state index contributed by atoms with van der Waals surface area (Å²) in [7, 11) is 0. The Bertz CT molecular complexity index is 221. The zero-order valence-corrected chi connectivity index (χ0v) is 9.75. The van der Waals surface area contributed by atoms with Crippen LogP contribution in [0.15, 0.2) is 0 Å². The largest absolute Gasteiger partial charge is 0.480 e. The van der Waals surface area contributed by atoms with Gasteiger partial charge in [-0.1, -0.05) is 12.8 Å². The fourth-order valence-electron chi connectivity index (χ4n) is 1.42. The molecule has 1 N–H and O–H groups in total. The van der Waals surface area contributed by atoms with Crippen molar-refractivity contribution in [2.75, 3.05) is 19.8 Å². The molecule has 16 heavy (non-hydrogen) atoms. The Balaban J connectivity index is 3.71. The quantitative estimate of drug-likeness (QED) is 0.618. The van der Waals surface area contributed by atoms with Crippen molar-refractivity contribution in [3.8, 4) is 0 Å². The smallest absolute Gasteiger partial charge is 0.323 e. The first-order valence-electron chi connectivity index (χ1n) is 5.67. The van der Waals surface area contributed by atoms with Gasteiger partial charge in [-0.25, -0.2) is 0 Å². The molecule has 0 spiro atoms. The fourth-order valence-corrected chi connectivity index (χ4v) is 1.42. The lowest BCUT2D eigenvalue weighted by molar-refractivity contribution is -0.144. The number of hydrogen-bond donors (Lipinski definition) is 1. The number of halogens is 1. The lowest BCUT2D eigenvalue weighted by Crippen LogP contribution is -2.35. The van der Waals surface area contributed by atoms with Crippen LogP contribution in [0.25, 0.3) is 0 Å². The van der Waals surface area contributed by atoms with Crippen molar-refractivity contribution in [3.05, 3.63) is 0 Å². The molecule has 0 radical (unpaired) electrons. The summed E-state index contributed by atoms with van der Waals surface area (Å²) in [6.45, 7) is 1.62. The molecule has 0 saturated carbocycles. The molecule has 0 aromatic heterocycles. The molecular formula is C11H20FNO3. The van der Waals surface area contributed by atoms with Crippen molar-refractivity contribution < 1.29 is 19.1 Å². The summed E-state index contributed by atoms with van der Waals surface area (Å²) in [5.41, 5.74) is 0. The van der Waals surface area contributed by atoms with Crippen LogP contribution >= 0.6 is 0 Å². The summed E-state index contributed by atoms with van der Waals surface area (Å²) in [6, 6.07) is 0. The number of hydrogen-bond acceptors (Lipinski definition) is 2. The molecule has 94 valence electrons. The number of rotatable bonds is 9. The van der Waals surface area contributed by atoms with Crippen LogP contribution in [0.4, 0.5) is 4.39 Å². The third-order valence-electron chi connectivity index (χ3n) is 2.33. The Morgan fingerprint density at radius 3 is 2.31 bits per heavy atom. The van der Waals surface area contributed by atoms with E-state index in [0.29, 0.717) is 25.8 Å². The Morgan fingerprint density at radius 1 is 1.19 bits per heavy atom. The topological polar surface area (TPSA) is 57.6 Å². The maximum Gasteiger partial charge on any atom is 0.323 e. The Labute approximate surface area is 95.4 Å². The van der Waals surface area contributed by atoms with Crippen molar-refractivity contribution in [2.45, 2.75) is 39.0 Å². The number of amides is 1. The molecule has 4 nitrogen and oxygen atoms in total. The molecule has 0 aromatic carbocycles. The molecule has 0 saturated heterocycles. The van der Waals surface area contributed by atoms with Gasteiger partial charge in [0, 0.05) is 13.0 Å². The number of unbranched alkanes of at least 4 members (excludes halogenated alkanes) is 3. The van der Waals surface area contributed by atoms with E-state index in [2.05, 4.69) is 0 Å². The van der Waals surface area contributed by atoms with Crippen LogP contribution in [0.2, 0.25) is 0 Å². The average Bonchev–Trinajstić information content (AvgIpc) is 2.25.